The standard InChI is InChI=1S/C18H21NOS/c1-14-8-10-17(11-9-14)15(2)19-18(20)13-21-12-16-6-4-3-5-7-16/h3-11,15H,12-13H2,1-2H3,(H,19,20). The highest BCUT2D eigenvalue weighted by atomic mass is 32.2. The van der Waals surface area contributed by atoms with Crippen molar-refractivity contribution in [1.82, 2.24) is 5.32 Å². The number of carbonyl (C=O) groups excluding carboxylic acids is 1. The second-order valence-corrected chi connectivity index (χ2v) is 6.16. The molecule has 2 rings (SSSR count). The lowest BCUT2D eigenvalue weighted by molar-refractivity contribution is -0.119. The summed E-state index contributed by atoms with van der Waals surface area (Å²) in [5, 5.41) is 3.04. The Morgan fingerprint density at radius 1 is 1.10 bits per heavy atom. The summed E-state index contributed by atoms with van der Waals surface area (Å²) in [7, 11) is 0. The third-order valence-corrected chi connectivity index (χ3v) is 4.30. The van der Waals surface area contributed by atoms with Crippen molar-refractivity contribution in [3.05, 3.63) is 71.3 Å². The van der Waals surface area contributed by atoms with Crippen LogP contribution in [0.15, 0.2) is 54.6 Å². The van der Waals surface area contributed by atoms with E-state index in [0.29, 0.717) is 5.75 Å². The summed E-state index contributed by atoms with van der Waals surface area (Å²) in [5.41, 5.74) is 3.62. The molecule has 2 aromatic rings. The van der Waals surface area contributed by atoms with E-state index in [0.717, 1.165) is 11.3 Å². The summed E-state index contributed by atoms with van der Waals surface area (Å²) in [6, 6.07) is 18.5. The van der Waals surface area contributed by atoms with Crippen LogP contribution in [-0.2, 0) is 10.5 Å². The average Bonchev–Trinajstić information content (AvgIpc) is 2.49. The Hall–Kier alpha value is -1.74. The highest BCUT2D eigenvalue weighted by Crippen LogP contribution is 2.15. The van der Waals surface area contributed by atoms with Crippen molar-refractivity contribution in [2.75, 3.05) is 5.75 Å². The fourth-order valence-corrected chi connectivity index (χ4v) is 2.86. The summed E-state index contributed by atoms with van der Waals surface area (Å²) in [6.45, 7) is 4.08. The van der Waals surface area contributed by atoms with Gasteiger partial charge in [0.2, 0.25) is 5.91 Å². The van der Waals surface area contributed by atoms with E-state index >= 15 is 0 Å². The predicted octanol–water partition coefficient (Wildman–Crippen LogP) is 4.11. The minimum atomic E-state index is 0.0513. The Labute approximate surface area is 131 Å². The average molecular weight is 299 g/mol. The Kier molecular flexibility index (Phi) is 5.88. The summed E-state index contributed by atoms with van der Waals surface area (Å²) in [5.74, 6) is 1.45. The van der Waals surface area contributed by atoms with Gasteiger partial charge in [0.05, 0.1) is 11.8 Å². The van der Waals surface area contributed by atoms with Crippen LogP contribution < -0.4 is 5.32 Å². The molecule has 1 atom stereocenters. The van der Waals surface area contributed by atoms with Gasteiger partial charge in [-0.05, 0) is 25.0 Å². The van der Waals surface area contributed by atoms with Gasteiger partial charge >= 0.3 is 0 Å². The molecule has 0 bridgehead atoms. The van der Waals surface area contributed by atoms with E-state index in [9.17, 15) is 4.79 Å². The second-order valence-electron chi connectivity index (χ2n) is 5.18. The fourth-order valence-electron chi connectivity index (χ4n) is 2.06. The fraction of sp³-hybridized carbons (Fsp3) is 0.278. The number of carbonyl (C=O) groups is 1. The van der Waals surface area contributed by atoms with E-state index < -0.39 is 0 Å². The van der Waals surface area contributed by atoms with Crippen LogP contribution in [0.3, 0.4) is 0 Å². The first-order chi connectivity index (χ1) is 10.1. The minimum Gasteiger partial charge on any atom is -0.349 e. The van der Waals surface area contributed by atoms with Crippen LogP contribution in [-0.4, -0.2) is 11.7 Å². The molecular weight excluding hydrogens is 278 g/mol. The molecule has 0 heterocycles. The van der Waals surface area contributed by atoms with E-state index in [1.165, 1.54) is 11.1 Å². The molecule has 21 heavy (non-hydrogen) atoms. The lowest BCUT2D eigenvalue weighted by atomic mass is 10.1. The molecule has 0 aromatic heterocycles. The van der Waals surface area contributed by atoms with Gasteiger partial charge in [-0.2, -0.15) is 0 Å². The maximum atomic E-state index is 12.0. The molecule has 0 aliphatic rings. The van der Waals surface area contributed by atoms with Crippen LogP contribution in [0.2, 0.25) is 0 Å². The maximum absolute atomic E-state index is 12.0. The number of nitrogens with one attached hydrogen (secondary N) is 1. The highest BCUT2D eigenvalue weighted by Gasteiger charge is 2.09. The Morgan fingerprint density at radius 2 is 1.76 bits per heavy atom. The van der Waals surface area contributed by atoms with Crippen LogP contribution in [0.25, 0.3) is 0 Å². The molecule has 1 amide bonds. The largest absolute Gasteiger partial charge is 0.349 e. The number of hydrogen-bond acceptors (Lipinski definition) is 2. The van der Waals surface area contributed by atoms with Crippen molar-refractivity contribution in [2.45, 2.75) is 25.6 Å². The normalized spacial score (nSPS) is 11.9. The first kappa shape index (κ1) is 15.6. The molecule has 0 fully saturated rings. The SMILES string of the molecule is Cc1ccc(C(C)NC(=O)CSCc2ccccc2)cc1. The topological polar surface area (TPSA) is 29.1 Å². The van der Waals surface area contributed by atoms with Crippen LogP contribution in [0, 0.1) is 6.92 Å². The van der Waals surface area contributed by atoms with Gasteiger partial charge in [0.25, 0.3) is 0 Å². The lowest BCUT2D eigenvalue weighted by Gasteiger charge is -2.14. The zero-order valence-electron chi connectivity index (χ0n) is 12.5. The van der Waals surface area contributed by atoms with Gasteiger partial charge in [-0.1, -0.05) is 60.2 Å². The van der Waals surface area contributed by atoms with Crippen LogP contribution in [0.5, 0.6) is 0 Å². The van der Waals surface area contributed by atoms with Gasteiger partial charge < -0.3 is 5.32 Å². The molecule has 3 heteroatoms. The van der Waals surface area contributed by atoms with E-state index in [4.69, 9.17) is 0 Å². The molecule has 0 radical (unpaired) electrons. The first-order valence-corrected chi connectivity index (χ1v) is 8.28. The van der Waals surface area contributed by atoms with Gasteiger partial charge in [0, 0.05) is 5.75 Å². The Morgan fingerprint density at radius 3 is 2.43 bits per heavy atom. The maximum Gasteiger partial charge on any atom is 0.230 e. The Balaban J connectivity index is 1.75. The Bertz CT molecular complexity index is 566. The number of aryl methyl sites for hydroxylation is 1. The van der Waals surface area contributed by atoms with Gasteiger partial charge in [-0.25, -0.2) is 0 Å². The number of hydrogen-bond donors (Lipinski definition) is 1. The molecule has 1 N–H and O–H groups in total. The third-order valence-electron chi connectivity index (χ3n) is 3.30. The zero-order chi connectivity index (χ0) is 15.1. The quantitative estimate of drug-likeness (QED) is 0.870. The van der Waals surface area contributed by atoms with Crippen LogP contribution in [0.1, 0.15) is 29.7 Å². The van der Waals surface area contributed by atoms with Gasteiger partial charge in [0.1, 0.15) is 0 Å². The van der Waals surface area contributed by atoms with Crippen molar-refractivity contribution in [1.29, 1.82) is 0 Å². The first-order valence-electron chi connectivity index (χ1n) is 7.13. The zero-order valence-corrected chi connectivity index (χ0v) is 13.3. The van der Waals surface area contributed by atoms with Gasteiger partial charge in [0.15, 0.2) is 0 Å². The van der Waals surface area contributed by atoms with E-state index in [2.05, 4.69) is 48.6 Å². The summed E-state index contributed by atoms with van der Waals surface area (Å²) in [4.78, 5) is 12.0. The van der Waals surface area contributed by atoms with E-state index in [-0.39, 0.29) is 11.9 Å². The molecule has 2 aromatic carbocycles. The van der Waals surface area contributed by atoms with Crippen molar-refractivity contribution in [3.63, 3.8) is 0 Å². The molecule has 110 valence electrons. The number of rotatable bonds is 6. The smallest absolute Gasteiger partial charge is 0.230 e. The molecule has 0 aliphatic heterocycles. The predicted molar refractivity (Wildman–Crippen MR) is 90.3 cm³/mol. The van der Waals surface area contributed by atoms with Crippen LogP contribution >= 0.6 is 11.8 Å². The van der Waals surface area contributed by atoms with E-state index in [1.807, 2.05) is 25.1 Å². The molecule has 0 spiro atoms. The molecule has 1 unspecified atom stereocenters. The third kappa shape index (κ3) is 5.27. The van der Waals surface area contributed by atoms with E-state index in [1.54, 1.807) is 11.8 Å². The number of benzene rings is 2. The van der Waals surface area contributed by atoms with Crippen LogP contribution in [0.4, 0.5) is 0 Å². The summed E-state index contributed by atoms with van der Waals surface area (Å²) in [6.07, 6.45) is 0. The summed E-state index contributed by atoms with van der Waals surface area (Å²) < 4.78 is 0. The highest BCUT2D eigenvalue weighted by molar-refractivity contribution is 7.99. The van der Waals surface area contributed by atoms with Gasteiger partial charge in [-0.3, -0.25) is 4.79 Å². The number of thioether (sulfide) groups is 1. The molecular formula is C18H21NOS. The van der Waals surface area contributed by atoms with Crippen molar-refractivity contribution in [3.8, 4) is 0 Å². The monoisotopic (exact) mass is 299 g/mol. The van der Waals surface area contributed by atoms with Crippen molar-refractivity contribution >= 4 is 17.7 Å². The van der Waals surface area contributed by atoms with Crippen molar-refractivity contribution in [2.24, 2.45) is 0 Å². The molecule has 0 saturated carbocycles. The summed E-state index contributed by atoms with van der Waals surface area (Å²) >= 11 is 1.64. The molecule has 0 saturated heterocycles. The van der Waals surface area contributed by atoms with Gasteiger partial charge in [-0.15, -0.1) is 11.8 Å². The number of amides is 1. The van der Waals surface area contributed by atoms with Crippen molar-refractivity contribution < 1.29 is 4.79 Å². The molecule has 2 nitrogen and oxygen atoms in total. The molecule has 0 aliphatic carbocycles. The second kappa shape index (κ2) is 7.89. The minimum absolute atomic E-state index is 0.0513. The lowest BCUT2D eigenvalue weighted by Crippen LogP contribution is -2.28.